The molecule has 0 spiro atoms. The minimum atomic E-state index is -4.54. The zero-order chi connectivity index (χ0) is 25.1. The van der Waals surface area contributed by atoms with Crippen molar-refractivity contribution in [1.82, 2.24) is 0 Å². The highest BCUT2D eigenvalue weighted by atomic mass is 127. The Morgan fingerprint density at radius 2 is 1.36 bits per heavy atom. The van der Waals surface area contributed by atoms with Crippen LogP contribution in [-0.4, -0.2) is 29.7 Å². The third-order valence-electron chi connectivity index (χ3n) is 4.05. The predicted molar refractivity (Wildman–Crippen MR) is 138 cm³/mol. The molecule has 13 heteroatoms. The summed E-state index contributed by atoms with van der Waals surface area (Å²) in [5.74, 6) is -9.50. The Hall–Kier alpha value is -1.63. The normalized spacial score (nSPS) is 12.0. The standard InChI is InChI=1S/C20H15F2I3N2O6/c1-8(28)26-15-12(23)11(13(24)16(14(15)25)27-9(2)29)18(30)33-17(20(21,22)19(31)32)10-6-4-3-5-7-10/h3-7,17H,1-2H3,(H,26,28)(H,27,29)(H,31,32)/p-1. The number of ether oxygens (including phenoxy) is 1. The Labute approximate surface area is 227 Å². The van der Waals surface area contributed by atoms with E-state index in [4.69, 9.17) is 4.74 Å². The van der Waals surface area contributed by atoms with Crippen LogP contribution >= 0.6 is 67.8 Å². The SMILES string of the molecule is CC(=O)Nc1c(I)c(NC(C)=O)c(I)c(C(=O)OC(c2ccccc2)C(F)(F)C(=O)[O-])c1I. The van der Waals surface area contributed by atoms with E-state index in [9.17, 15) is 33.1 Å². The first kappa shape index (κ1) is 27.6. The molecule has 2 aromatic carbocycles. The fourth-order valence-corrected chi connectivity index (χ4v) is 6.81. The highest BCUT2D eigenvalue weighted by Crippen LogP contribution is 2.41. The van der Waals surface area contributed by atoms with Crippen molar-refractivity contribution < 1.29 is 37.8 Å². The Bertz CT molecular complexity index is 1090. The Morgan fingerprint density at radius 1 is 0.909 bits per heavy atom. The number of carboxylic acid groups (broad SMARTS) is 1. The summed E-state index contributed by atoms with van der Waals surface area (Å²) >= 11 is 5.32. The van der Waals surface area contributed by atoms with Crippen molar-refractivity contribution in [1.29, 1.82) is 0 Å². The van der Waals surface area contributed by atoms with Crippen molar-refractivity contribution in [2.24, 2.45) is 0 Å². The van der Waals surface area contributed by atoms with Gasteiger partial charge in [0.25, 0.3) is 0 Å². The summed E-state index contributed by atoms with van der Waals surface area (Å²) in [7, 11) is 0. The predicted octanol–water partition coefficient (Wildman–Crippen LogP) is 3.70. The zero-order valence-electron chi connectivity index (χ0n) is 16.8. The van der Waals surface area contributed by atoms with Gasteiger partial charge in [0.05, 0.1) is 27.6 Å². The molecule has 2 aromatic rings. The van der Waals surface area contributed by atoms with Gasteiger partial charge in [0.15, 0.2) is 6.10 Å². The molecule has 2 rings (SSSR count). The molecular weight excluding hydrogens is 783 g/mol. The monoisotopic (exact) mass is 797 g/mol. The molecule has 1 unspecified atom stereocenters. The molecule has 0 aliphatic rings. The van der Waals surface area contributed by atoms with Crippen LogP contribution in [-0.2, 0) is 19.1 Å². The number of hydrogen-bond acceptors (Lipinski definition) is 6. The minimum absolute atomic E-state index is 0.152. The van der Waals surface area contributed by atoms with Crippen LogP contribution in [0.25, 0.3) is 0 Å². The van der Waals surface area contributed by atoms with Crippen LogP contribution < -0.4 is 15.7 Å². The molecule has 2 amide bonds. The van der Waals surface area contributed by atoms with Crippen molar-refractivity contribution in [3.63, 3.8) is 0 Å². The van der Waals surface area contributed by atoms with Gasteiger partial charge >= 0.3 is 11.9 Å². The lowest BCUT2D eigenvalue weighted by Gasteiger charge is -2.28. The number of esters is 1. The Kier molecular flexibility index (Phi) is 9.37. The molecular formula is C20H14F2I3N2O6-. The summed E-state index contributed by atoms with van der Waals surface area (Å²) in [6.45, 7) is 2.46. The van der Waals surface area contributed by atoms with Gasteiger partial charge in [-0.3, -0.25) is 9.59 Å². The molecule has 33 heavy (non-hydrogen) atoms. The molecule has 2 N–H and O–H groups in total. The molecule has 0 aliphatic heterocycles. The highest BCUT2D eigenvalue weighted by Gasteiger charge is 2.46. The van der Waals surface area contributed by atoms with E-state index in [1.807, 2.05) is 22.6 Å². The molecule has 176 valence electrons. The maximum atomic E-state index is 14.5. The van der Waals surface area contributed by atoms with Crippen LogP contribution in [0.3, 0.4) is 0 Å². The fraction of sp³-hybridized carbons (Fsp3) is 0.200. The van der Waals surface area contributed by atoms with Gasteiger partial charge in [0.1, 0.15) is 5.97 Å². The first-order valence-electron chi connectivity index (χ1n) is 8.89. The fourth-order valence-electron chi connectivity index (χ4n) is 2.67. The van der Waals surface area contributed by atoms with Gasteiger partial charge in [-0.15, -0.1) is 0 Å². The number of hydrogen-bond donors (Lipinski definition) is 2. The molecule has 0 aliphatic carbocycles. The lowest BCUT2D eigenvalue weighted by molar-refractivity contribution is -0.336. The third kappa shape index (κ3) is 6.28. The van der Waals surface area contributed by atoms with Crippen LogP contribution in [0.1, 0.15) is 35.9 Å². The number of carboxylic acids is 1. The summed E-state index contributed by atoms with van der Waals surface area (Å²) < 4.78 is 34.7. The first-order chi connectivity index (χ1) is 15.3. The second kappa shape index (κ2) is 11.2. The van der Waals surface area contributed by atoms with Crippen molar-refractivity contribution in [2.75, 3.05) is 10.6 Å². The number of aliphatic carboxylic acids is 1. The van der Waals surface area contributed by atoms with Crippen LogP contribution in [0.4, 0.5) is 20.2 Å². The van der Waals surface area contributed by atoms with Crippen LogP contribution in [0, 0.1) is 10.7 Å². The summed E-state index contributed by atoms with van der Waals surface area (Å²) in [5.41, 5.74) is -0.190. The topological polar surface area (TPSA) is 125 Å². The van der Waals surface area contributed by atoms with Crippen molar-refractivity contribution in [3.8, 4) is 0 Å². The van der Waals surface area contributed by atoms with E-state index in [0.29, 0.717) is 3.57 Å². The van der Waals surface area contributed by atoms with Crippen LogP contribution in [0.5, 0.6) is 0 Å². The number of carbonyl (C=O) groups excluding carboxylic acids is 4. The van der Waals surface area contributed by atoms with Gasteiger partial charge < -0.3 is 25.3 Å². The number of alkyl halides is 2. The molecule has 0 radical (unpaired) electrons. The van der Waals surface area contributed by atoms with E-state index in [-0.39, 0.29) is 29.6 Å². The van der Waals surface area contributed by atoms with E-state index >= 15 is 0 Å². The molecule has 8 nitrogen and oxygen atoms in total. The summed E-state index contributed by atoms with van der Waals surface area (Å²) in [6, 6.07) is 6.64. The lowest BCUT2D eigenvalue weighted by atomic mass is 10.0. The summed E-state index contributed by atoms with van der Waals surface area (Å²) in [4.78, 5) is 47.6. The number of halogens is 5. The minimum Gasteiger partial charge on any atom is -0.544 e. The van der Waals surface area contributed by atoms with Gasteiger partial charge in [-0.25, -0.2) is 4.79 Å². The van der Waals surface area contributed by atoms with E-state index in [1.165, 1.54) is 44.2 Å². The smallest absolute Gasteiger partial charge is 0.341 e. The van der Waals surface area contributed by atoms with Gasteiger partial charge in [-0.05, 0) is 73.3 Å². The Balaban J connectivity index is 2.68. The first-order valence-corrected chi connectivity index (χ1v) is 12.1. The molecule has 0 fully saturated rings. The van der Waals surface area contributed by atoms with E-state index in [1.54, 1.807) is 45.2 Å². The molecule has 1 atom stereocenters. The summed E-state index contributed by atoms with van der Waals surface area (Å²) in [5, 5.41) is 16.2. The second-order valence-corrected chi connectivity index (χ2v) is 9.77. The molecule has 0 saturated carbocycles. The van der Waals surface area contributed by atoms with Crippen molar-refractivity contribution in [3.05, 3.63) is 52.2 Å². The number of carbonyl (C=O) groups is 4. The van der Waals surface area contributed by atoms with Gasteiger partial charge in [0, 0.05) is 13.8 Å². The lowest BCUT2D eigenvalue weighted by Crippen LogP contribution is -2.47. The van der Waals surface area contributed by atoms with Crippen molar-refractivity contribution in [2.45, 2.75) is 25.9 Å². The van der Waals surface area contributed by atoms with Crippen LogP contribution in [0.15, 0.2) is 30.3 Å². The number of benzene rings is 2. The average molecular weight is 797 g/mol. The van der Waals surface area contributed by atoms with Gasteiger partial charge in [-0.2, -0.15) is 8.78 Å². The number of amides is 2. The van der Waals surface area contributed by atoms with E-state index < -0.39 is 35.8 Å². The maximum absolute atomic E-state index is 14.5. The molecule has 0 aromatic heterocycles. The summed E-state index contributed by atoms with van der Waals surface area (Å²) in [6.07, 6.45) is -2.49. The number of rotatable bonds is 7. The zero-order valence-corrected chi connectivity index (χ0v) is 23.3. The third-order valence-corrected chi connectivity index (χ3v) is 7.29. The van der Waals surface area contributed by atoms with E-state index in [2.05, 4.69) is 10.6 Å². The largest absolute Gasteiger partial charge is 0.544 e. The second-order valence-electron chi connectivity index (χ2n) is 6.54. The van der Waals surface area contributed by atoms with Gasteiger partial charge in [-0.1, -0.05) is 30.3 Å². The number of nitrogens with one attached hydrogen (secondary N) is 2. The maximum Gasteiger partial charge on any atom is 0.341 e. The average Bonchev–Trinajstić information content (AvgIpc) is 2.72. The quantitative estimate of drug-likeness (QED) is 0.326. The number of anilines is 2. The Morgan fingerprint density at radius 3 is 1.76 bits per heavy atom. The van der Waals surface area contributed by atoms with Crippen LogP contribution in [0.2, 0.25) is 0 Å². The molecule has 0 heterocycles. The van der Waals surface area contributed by atoms with E-state index in [0.717, 1.165) is 0 Å². The van der Waals surface area contributed by atoms with Gasteiger partial charge in [0.2, 0.25) is 11.8 Å². The molecule has 0 bridgehead atoms. The molecule has 0 saturated heterocycles. The highest BCUT2D eigenvalue weighted by molar-refractivity contribution is 14.1. The van der Waals surface area contributed by atoms with Crippen molar-refractivity contribution >= 4 is 103 Å².